The Morgan fingerprint density at radius 2 is 1.70 bits per heavy atom. The molecule has 0 bridgehead atoms. The van der Waals surface area contributed by atoms with Crippen molar-refractivity contribution in [2.75, 3.05) is 6.54 Å². The first kappa shape index (κ1) is 19.4. The molecule has 128 valence electrons. The van der Waals surface area contributed by atoms with Gasteiger partial charge >= 0.3 is 0 Å². The van der Waals surface area contributed by atoms with Crippen LogP contribution in [0, 0.1) is 5.92 Å². The van der Waals surface area contributed by atoms with Crippen LogP contribution in [0.4, 0.5) is 0 Å². The van der Waals surface area contributed by atoms with E-state index >= 15 is 0 Å². The maximum Gasteiger partial charge on any atom is 0.227 e. The quantitative estimate of drug-likeness (QED) is 0.688. The number of rotatable bonds is 9. The molecule has 0 aromatic heterocycles. The maximum absolute atomic E-state index is 12.2. The van der Waals surface area contributed by atoms with Crippen LogP contribution in [0.1, 0.15) is 57.6 Å². The highest BCUT2D eigenvalue weighted by molar-refractivity contribution is 5.84. The zero-order chi connectivity index (χ0) is 17.4. The molecule has 0 aliphatic heterocycles. The molecule has 1 rings (SSSR count). The number of nitrogens with two attached hydrogens (primary N) is 1. The molecule has 4 heteroatoms. The molecule has 1 aromatic carbocycles. The number of hydrogen-bond donors (Lipinski definition) is 2. The Hall–Kier alpha value is -1.68. The minimum atomic E-state index is -0.422. The van der Waals surface area contributed by atoms with Crippen LogP contribution < -0.4 is 11.1 Å². The topological polar surface area (TPSA) is 72.2 Å². The SMILES string of the molecule is CC(C)Cc1ccc(C(C)C(=O)NCCCC(=O)[C@H](C)N)cc1. The van der Waals surface area contributed by atoms with Crippen LogP contribution in [-0.4, -0.2) is 24.3 Å². The van der Waals surface area contributed by atoms with Crippen molar-refractivity contribution in [2.24, 2.45) is 11.7 Å². The van der Waals surface area contributed by atoms with Crippen LogP contribution in [0.15, 0.2) is 24.3 Å². The maximum atomic E-state index is 12.2. The lowest BCUT2D eigenvalue weighted by atomic mass is 9.96. The third-order valence-electron chi connectivity index (χ3n) is 3.92. The lowest BCUT2D eigenvalue weighted by Gasteiger charge is -2.14. The lowest BCUT2D eigenvalue weighted by molar-refractivity contribution is -0.123. The molecular weight excluding hydrogens is 288 g/mol. The Kier molecular flexibility index (Phi) is 7.96. The summed E-state index contributed by atoms with van der Waals surface area (Å²) in [6.07, 6.45) is 2.09. The third kappa shape index (κ3) is 6.95. The molecule has 0 radical (unpaired) electrons. The molecule has 0 heterocycles. The number of hydrogen-bond acceptors (Lipinski definition) is 3. The van der Waals surface area contributed by atoms with Gasteiger partial charge < -0.3 is 11.1 Å². The van der Waals surface area contributed by atoms with Crippen molar-refractivity contribution in [3.05, 3.63) is 35.4 Å². The van der Waals surface area contributed by atoms with Crippen molar-refractivity contribution in [3.63, 3.8) is 0 Å². The van der Waals surface area contributed by atoms with Crippen LogP contribution >= 0.6 is 0 Å². The normalized spacial score (nSPS) is 13.7. The molecule has 1 amide bonds. The highest BCUT2D eigenvalue weighted by atomic mass is 16.2. The number of benzene rings is 1. The fraction of sp³-hybridized carbons (Fsp3) is 0.579. The molecule has 23 heavy (non-hydrogen) atoms. The second-order valence-corrected chi connectivity index (χ2v) is 6.71. The Morgan fingerprint density at radius 3 is 2.22 bits per heavy atom. The van der Waals surface area contributed by atoms with E-state index in [1.54, 1.807) is 6.92 Å². The van der Waals surface area contributed by atoms with E-state index < -0.39 is 6.04 Å². The van der Waals surface area contributed by atoms with Gasteiger partial charge in [-0.3, -0.25) is 9.59 Å². The molecule has 3 N–H and O–H groups in total. The van der Waals surface area contributed by atoms with Crippen molar-refractivity contribution in [3.8, 4) is 0 Å². The summed E-state index contributed by atoms with van der Waals surface area (Å²) in [5.74, 6) is 0.468. The summed E-state index contributed by atoms with van der Waals surface area (Å²) in [7, 11) is 0. The highest BCUT2D eigenvalue weighted by Gasteiger charge is 2.15. The summed E-state index contributed by atoms with van der Waals surface area (Å²) in [5.41, 5.74) is 7.82. The Bertz CT molecular complexity index is 507. The van der Waals surface area contributed by atoms with E-state index in [0.29, 0.717) is 25.3 Å². The van der Waals surface area contributed by atoms with Crippen LogP contribution in [0.5, 0.6) is 0 Å². The van der Waals surface area contributed by atoms with Crippen LogP contribution in [0.3, 0.4) is 0 Å². The molecule has 1 aromatic rings. The zero-order valence-corrected chi connectivity index (χ0v) is 14.8. The second-order valence-electron chi connectivity index (χ2n) is 6.71. The molecule has 0 spiro atoms. The van der Waals surface area contributed by atoms with E-state index in [1.807, 2.05) is 19.1 Å². The molecule has 0 aliphatic rings. The van der Waals surface area contributed by atoms with E-state index in [-0.39, 0.29) is 17.6 Å². The molecular formula is C19H30N2O2. The molecule has 0 fully saturated rings. The van der Waals surface area contributed by atoms with Crippen molar-refractivity contribution >= 4 is 11.7 Å². The van der Waals surface area contributed by atoms with Crippen LogP contribution in [-0.2, 0) is 16.0 Å². The lowest BCUT2D eigenvalue weighted by Crippen LogP contribution is -2.31. The largest absolute Gasteiger partial charge is 0.356 e. The van der Waals surface area contributed by atoms with E-state index in [4.69, 9.17) is 5.73 Å². The van der Waals surface area contributed by atoms with Gasteiger partial charge in [-0.1, -0.05) is 38.1 Å². The van der Waals surface area contributed by atoms with E-state index in [9.17, 15) is 9.59 Å². The minimum Gasteiger partial charge on any atom is -0.356 e. The smallest absolute Gasteiger partial charge is 0.227 e. The Morgan fingerprint density at radius 1 is 1.09 bits per heavy atom. The van der Waals surface area contributed by atoms with Gasteiger partial charge in [-0.05, 0) is 43.7 Å². The van der Waals surface area contributed by atoms with Crippen molar-refractivity contribution in [1.82, 2.24) is 5.32 Å². The van der Waals surface area contributed by atoms with Gasteiger partial charge in [0.25, 0.3) is 0 Å². The molecule has 1 unspecified atom stereocenters. The number of Topliss-reactive ketones (excluding diaryl/α,β-unsaturated/α-hetero) is 1. The predicted octanol–water partition coefficient (Wildman–Crippen LogP) is 2.80. The van der Waals surface area contributed by atoms with E-state index in [1.165, 1.54) is 5.56 Å². The number of carbonyl (C=O) groups is 2. The molecule has 0 saturated carbocycles. The number of nitrogens with one attached hydrogen (secondary N) is 1. The Balaban J connectivity index is 2.42. The van der Waals surface area contributed by atoms with Crippen molar-refractivity contribution in [1.29, 1.82) is 0 Å². The second kappa shape index (κ2) is 9.46. The number of carbonyl (C=O) groups excluding carboxylic acids is 2. The van der Waals surface area contributed by atoms with Crippen LogP contribution in [0.25, 0.3) is 0 Å². The molecule has 2 atom stereocenters. The van der Waals surface area contributed by atoms with Gasteiger partial charge in [0.15, 0.2) is 0 Å². The molecule has 0 aliphatic carbocycles. The highest BCUT2D eigenvalue weighted by Crippen LogP contribution is 2.17. The predicted molar refractivity (Wildman–Crippen MR) is 94.3 cm³/mol. The van der Waals surface area contributed by atoms with Gasteiger partial charge in [0.05, 0.1) is 12.0 Å². The van der Waals surface area contributed by atoms with Gasteiger partial charge in [-0.25, -0.2) is 0 Å². The minimum absolute atomic E-state index is 0.00476. The van der Waals surface area contributed by atoms with Crippen molar-refractivity contribution < 1.29 is 9.59 Å². The summed E-state index contributed by atoms with van der Waals surface area (Å²) in [6.45, 7) is 8.49. The van der Waals surface area contributed by atoms with E-state index in [2.05, 4.69) is 31.3 Å². The standard InChI is InChI=1S/C19H30N2O2/c1-13(2)12-16-7-9-17(10-8-16)14(3)19(23)21-11-5-6-18(22)15(4)20/h7-10,13-15H,5-6,11-12,20H2,1-4H3,(H,21,23)/t14?,15-/m0/s1. The fourth-order valence-corrected chi connectivity index (χ4v) is 2.42. The van der Waals surface area contributed by atoms with Gasteiger partial charge in [-0.15, -0.1) is 0 Å². The first-order chi connectivity index (χ1) is 10.8. The third-order valence-corrected chi connectivity index (χ3v) is 3.92. The summed E-state index contributed by atoms with van der Waals surface area (Å²) >= 11 is 0. The fourth-order valence-electron chi connectivity index (χ4n) is 2.42. The number of ketones is 1. The van der Waals surface area contributed by atoms with E-state index in [0.717, 1.165) is 12.0 Å². The first-order valence-electron chi connectivity index (χ1n) is 8.46. The summed E-state index contributed by atoms with van der Waals surface area (Å²) in [4.78, 5) is 23.6. The molecule has 0 saturated heterocycles. The average molecular weight is 318 g/mol. The van der Waals surface area contributed by atoms with Crippen molar-refractivity contribution in [2.45, 2.75) is 58.9 Å². The monoisotopic (exact) mass is 318 g/mol. The summed E-state index contributed by atoms with van der Waals surface area (Å²) in [6, 6.07) is 7.83. The van der Waals surface area contributed by atoms with Gasteiger partial charge in [0, 0.05) is 13.0 Å². The van der Waals surface area contributed by atoms with Gasteiger partial charge in [0.1, 0.15) is 5.78 Å². The van der Waals surface area contributed by atoms with Gasteiger partial charge in [-0.2, -0.15) is 0 Å². The van der Waals surface area contributed by atoms with Crippen LogP contribution in [0.2, 0.25) is 0 Å². The zero-order valence-electron chi connectivity index (χ0n) is 14.8. The van der Waals surface area contributed by atoms with Gasteiger partial charge in [0.2, 0.25) is 5.91 Å². The molecule has 4 nitrogen and oxygen atoms in total. The number of amides is 1. The first-order valence-corrected chi connectivity index (χ1v) is 8.46. The average Bonchev–Trinajstić information content (AvgIpc) is 2.50. The summed E-state index contributed by atoms with van der Waals surface area (Å²) < 4.78 is 0. The Labute approximate surface area is 139 Å². The summed E-state index contributed by atoms with van der Waals surface area (Å²) in [5, 5.41) is 2.89.